The third kappa shape index (κ3) is 10.6. The van der Waals surface area contributed by atoms with Gasteiger partial charge in [-0.3, -0.25) is 4.79 Å². The Labute approximate surface area is 288 Å². The van der Waals surface area contributed by atoms with E-state index in [9.17, 15) is 4.79 Å². The molecule has 0 amide bonds. The van der Waals surface area contributed by atoms with Crippen molar-refractivity contribution in [1.29, 1.82) is 0 Å². The van der Waals surface area contributed by atoms with Crippen molar-refractivity contribution in [2.45, 2.75) is 47.0 Å². The first-order valence-electron chi connectivity index (χ1n) is 16.5. The largest absolute Gasteiger partial charge is 0.496 e. The van der Waals surface area contributed by atoms with Crippen LogP contribution in [0.25, 0.3) is 12.2 Å². The van der Waals surface area contributed by atoms with Crippen LogP contribution < -0.4 is 34.4 Å². The van der Waals surface area contributed by atoms with E-state index in [1.165, 1.54) is 0 Å². The van der Waals surface area contributed by atoms with Crippen LogP contribution in [-0.4, -0.2) is 53.5 Å². The molecule has 0 bridgehead atoms. The number of carbonyl (C=O) groups is 1. The number of anilines is 2. The summed E-state index contributed by atoms with van der Waals surface area (Å²) < 4.78 is 23.3. The summed E-state index contributed by atoms with van der Waals surface area (Å²) in [5.41, 5.74) is 4.98. The third-order valence-electron chi connectivity index (χ3n) is 7.30. The predicted octanol–water partition coefficient (Wildman–Crippen LogP) is 8.03. The van der Waals surface area contributed by atoms with Crippen molar-refractivity contribution in [2.75, 3.05) is 57.3 Å². The molecular weight excluding hydrogens is 600 g/mol. The Balaban J connectivity index is 0.00000105. The zero-order chi connectivity index (χ0) is 35.6. The summed E-state index contributed by atoms with van der Waals surface area (Å²) in [5.74, 6) is 2.71. The van der Waals surface area contributed by atoms with Crippen LogP contribution in [0.3, 0.4) is 0 Å². The van der Waals surface area contributed by atoms with E-state index in [1.807, 2.05) is 64.4 Å². The van der Waals surface area contributed by atoms with Crippen LogP contribution in [0.2, 0.25) is 0 Å². The molecule has 1 aliphatic rings. The Bertz CT molecular complexity index is 1640. The van der Waals surface area contributed by atoms with Crippen LogP contribution >= 0.6 is 0 Å². The van der Waals surface area contributed by atoms with Crippen molar-refractivity contribution in [3.63, 3.8) is 0 Å². The molecule has 4 rings (SSSR count). The second-order valence-electron chi connectivity index (χ2n) is 11.1. The van der Waals surface area contributed by atoms with Gasteiger partial charge in [-0.2, -0.15) is 0 Å². The summed E-state index contributed by atoms with van der Waals surface area (Å²) in [6.07, 6.45) is 7.51. The fourth-order valence-electron chi connectivity index (χ4n) is 5.08. The molecule has 0 atom stereocenters. The van der Waals surface area contributed by atoms with Gasteiger partial charge in [0.15, 0.2) is 0 Å². The van der Waals surface area contributed by atoms with E-state index in [4.69, 9.17) is 18.9 Å². The quantitative estimate of drug-likeness (QED) is 0.101. The van der Waals surface area contributed by atoms with Crippen molar-refractivity contribution >= 4 is 29.5 Å². The Hall–Kier alpha value is -4.91. The fourth-order valence-corrected chi connectivity index (χ4v) is 5.08. The van der Waals surface area contributed by atoms with Crippen LogP contribution in [0.5, 0.6) is 23.0 Å². The van der Waals surface area contributed by atoms with Gasteiger partial charge in [-0.1, -0.05) is 50.4 Å². The smallest absolute Gasteiger partial charge is 0.305 e. The maximum atomic E-state index is 11.9. The molecule has 1 heterocycles. The molecule has 0 spiro atoms. The highest BCUT2D eigenvalue weighted by molar-refractivity contribution is 5.91. The van der Waals surface area contributed by atoms with E-state index in [0.717, 1.165) is 63.0 Å². The van der Waals surface area contributed by atoms with E-state index in [1.54, 1.807) is 19.3 Å². The van der Waals surface area contributed by atoms with E-state index >= 15 is 0 Å². The molecule has 0 unspecified atom stereocenters. The van der Waals surface area contributed by atoms with Gasteiger partial charge in [0.2, 0.25) is 0 Å². The van der Waals surface area contributed by atoms with Gasteiger partial charge >= 0.3 is 5.97 Å². The monoisotopic (exact) mass is 654 g/mol. The molecule has 48 heavy (non-hydrogen) atoms. The number of fused-ring (bicyclic) bond motifs is 2. The van der Waals surface area contributed by atoms with Gasteiger partial charge in [0, 0.05) is 67.7 Å². The lowest BCUT2D eigenvalue weighted by molar-refractivity contribution is -0.143. The normalized spacial score (nSPS) is 10.7. The highest BCUT2D eigenvalue weighted by Crippen LogP contribution is 2.44. The highest BCUT2D eigenvalue weighted by atomic mass is 16.5. The maximum Gasteiger partial charge on any atom is 0.305 e. The predicted molar refractivity (Wildman–Crippen MR) is 202 cm³/mol. The number of esters is 1. The molecule has 258 valence electrons. The lowest BCUT2D eigenvalue weighted by Crippen LogP contribution is -2.27. The third-order valence-corrected chi connectivity index (χ3v) is 7.30. The number of hydrogen-bond acceptors (Lipinski definition) is 7. The number of carbonyl (C=O) groups excluding carboxylic acids is 1. The molecule has 0 N–H and O–H groups in total. The zero-order valence-electron chi connectivity index (χ0n) is 30.1. The zero-order valence-corrected chi connectivity index (χ0v) is 30.1. The number of methoxy groups -OCH3 is 1. The molecule has 7 heteroatoms. The number of hydrogen-bond donors (Lipinski definition) is 0. The maximum absolute atomic E-state index is 11.9. The van der Waals surface area contributed by atoms with Gasteiger partial charge in [0.1, 0.15) is 29.6 Å². The molecule has 3 aromatic carbocycles. The molecule has 0 radical (unpaired) electrons. The van der Waals surface area contributed by atoms with Crippen molar-refractivity contribution in [2.24, 2.45) is 0 Å². The van der Waals surface area contributed by atoms with Crippen LogP contribution in [0.1, 0.15) is 58.1 Å². The van der Waals surface area contributed by atoms with Gasteiger partial charge in [0.25, 0.3) is 0 Å². The molecule has 0 fully saturated rings. The summed E-state index contributed by atoms with van der Waals surface area (Å²) in [6.45, 7) is 24.9. The molecule has 0 aromatic heterocycles. The lowest BCUT2D eigenvalue weighted by Gasteiger charge is -2.30. The first-order chi connectivity index (χ1) is 23.1. The Morgan fingerprint density at radius 2 is 1.62 bits per heavy atom. The standard InChI is InChI=1S/C34H40N2O5.C4H8.C3H6/c1-8-18-40-24-14-16-26-32(20-24)41-31-19-23(4)13-15-25(31)34(26)27-21-28(35(5)6)29(22-30(27)38-7)36(9-2)17-11-12-33(37)39-10-3;1-3-4-2;1-3-2/h8,13-16,19-22H,1,4,9-12,17-18H2,2-3,5-7H3;3H,1,4H2,2H3;3H,1H2,2H3. The molecule has 7 nitrogen and oxygen atoms in total. The average Bonchev–Trinajstić information content (AvgIpc) is 3.08. The average molecular weight is 655 g/mol. The number of rotatable bonds is 14. The van der Waals surface area contributed by atoms with Crippen molar-refractivity contribution in [3.05, 3.63) is 108 Å². The summed E-state index contributed by atoms with van der Waals surface area (Å²) in [4.78, 5) is 16.3. The molecular formula is C41H54N2O5. The van der Waals surface area contributed by atoms with Crippen LogP contribution in [0.4, 0.5) is 11.4 Å². The molecule has 1 aliphatic heterocycles. The number of ether oxygens (including phenoxy) is 4. The van der Waals surface area contributed by atoms with Gasteiger partial charge in [0.05, 0.1) is 25.1 Å². The first-order valence-corrected chi connectivity index (χ1v) is 16.5. The minimum Gasteiger partial charge on any atom is -0.496 e. The van der Waals surface area contributed by atoms with Gasteiger partial charge in [-0.15, -0.1) is 13.2 Å². The summed E-state index contributed by atoms with van der Waals surface area (Å²) in [5, 5.41) is 1.82. The summed E-state index contributed by atoms with van der Waals surface area (Å²) in [7, 11) is 5.77. The minimum atomic E-state index is -0.166. The second-order valence-corrected chi connectivity index (χ2v) is 11.1. The van der Waals surface area contributed by atoms with Crippen molar-refractivity contribution < 1.29 is 23.7 Å². The van der Waals surface area contributed by atoms with Crippen molar-refractivity contribution in [1.82, 2.24) is 0 Å². The second kappa shape index (κ2) is 20.4. The van der Waals surface area contributed by atoms with Crippen molar-refractivity contribution in [3.8, 4) is 23.0 Å². The summed E-state index contributed by atoms with van der Waals surface area (Å²) in [6, 6.07) is 16.1. The Kier molecular flexibility index (Phi) is 16.7. The van der Waals surface area contributed by atoms with E-state index in [0.29, 0.717) is 44.1 Å². The molecule has 0 aliphatic carbocycles. The molecule has 3 aromatic rings. The van der Waals surface area contributed by atoms with E-state index in [-0.39, 0.29) is 5.97 Å². The lowest BCUT2D eigenvalue weighted by atomic mass is 9.91. The van der Waals surface area contributed by atoms with E-state index in [2.05, 4.69) is 68.2 Å². The van der Waals surface area contributed by atoms with Gasteiger partial charge in [-0.25, -0.2) is 0 Å². The Morgan fingerprint density at radius 3 is 2.21 bits per heavy atom. The Morgan fingerprint density at radius 1 is 0.917 bits per heavy atom. The van der Waals surface area contributed by atoms with Gasteiger partial charge in [-0.05, 0) is 63.1 Å². The number of benzene rings is 3. The SMILES string of the molecule is C=CC.C=CCC.C=CCOc1ccc2c(c1)Oc1cc(=C)ccc1=C2c1cc(N(C)C)c(N(CC)CCCC(=O)OCC)cc1OC. The van der Waals surface area contributed by atoms with Crippen LogP contribution in [-0.2, 0) is 9.53 Å². The minimum absolute atomic E-state index is 0.166. The van der Waals surface area contributed by atoms with Gasteiger partial charge < -0.3 is 28.7 Å². The molecule has 0 saturated carbocycles. The van der Waals surface area contributed by atoms with Crippen LogP contribution in [0.15, 0.2) is 86.5 Å². The number of nitrogens with zero attached hydrogens (tertiary/aromatic N) is 2. The topological polar surface area (TPSA) is 60.5 Å². The fraction of sp³-hybridized carbons (Fsp3) is 0.341. The number of allylic oxidation sites excluding steroid dienone is 2. The van der Waals surface area contributed by atoms with E-state index < -0.39 is 0 Å². The first kappa shape index (κ1) is 39.3. The molecule has 0 saturated heterocycles. The summed E-state index contributed by atoms with van der Waals surface area (Å²) >= 11 is 0. The van der Waals surface area contributed by atoms with Crippen LogP contribution in [0, 0.1) is 0 Å². The highest BCUT2D eigenvalue weighted by Gasteiger charge is 2.26.